The average Bonchev–Trinajstić information content (AvgIpc) is 2.76. The lowest BCUT2D eigenvalue weighted by atomic mass is 10.1. The maximum Gasteiger partial charge on any atom is 0.214 e. The van der Waals surface area contributed by atoms with E-state index in [1.165, 1.54) is 0 Å². The normalized spacial score (nSPS) is 15.9. The van der Waals surface area contributed by atoms with E-state index >= 15 is 0 Å². The molecule has 0 bridgehead atoms. The molecule has 1 fully saturated rings. The average molecular weight is 575 g/mol. The van der Waals surface area contributed by atoms with Crippen LogP contribution in [0.5, 0.6) is 0 Å². The van der Waals surface area contributed by atoms with Crippen LogP contribution >= 0.6 is 24.0 Å². The zero-order valence-electron chi connectivity index (χ0n) is 19.3. The summed E-state index contributed by atoms with van der Waals surface area (Å²) in [6.45, 7) is 3.62. The van der Waals surface area contributed by atoms with Gasteiger partial charge < -0.3 is 15.5 Å². The topological polar surface area (TPSA) is 89.9 Å². The maximum absolute atomic E-state index is 12.3. The Bertz CT molecular complexity index is 1020. The predicted molar refractivity (Wildman–Crippen MR) is 143 cm³/mol. The van der Waals surface area contributed by atoms with Crippen molar-refractivity contribution in [3.05, 3.63) is 35.9 Å². The molecule has 1 aromatic heterocycles. The Balaban J connectivity index is 0.00000363. The van der Waals surface area contributed by atoms with Gasteiger partial charge in [-0.25, -0.2) is 17.7 Å². The first kappa shape index (κ1) is 26.6. The number of aliphatic imine (C=N–C) groups is 1. The second kappa shape index (κ2) is 12.0. The Morgan fingerprint density at radius 1 is 1.25 bits per heavy atom. The fraction of sp³-hybridized carbons (Fsp3) is 0.545. The molecular weight excluding hydrogens is 539 g/mol. The van der Waals surface area contributed by atoms with E-state index in [-0.39, 0.29) is 35.8 Å². The van der Waals surface area contributed by atoms with Crippen LogP contribution in [-0.2, 0) is 16.6 Å². The van der Waals surface area contributed by atoms with Gasteiger partial charge in [-0.1, -0.05) is 25.1 Å². The summed E-state index contributed by atoms with van der Waals surface area (Å²) in [7, 11) is 2.61. The van der Waals surface area contributed by atoms with Gasteiger partial charge in [0.1, 0.15) is 5.82 Å². The minimum atomic E-state index is -3.12. The van der Waals surface area contributed by atoms with Gasteiger partial charge in [-0.3, -0.25) is 4.99 Å². The molecule has 178 valence electrons. The van der Waals surface area contributed by atoms with Gasteiger partial charge in [-0.05, 0) is 37.0 Å². The highest BCUT2D eigenvalue weighted by atomic mass is 127. The highest BCUT2D eigenvalue weighted by molar-refractivity contribution is 14.0. The van der Waals surface area contributed by atoms with Crippen LogP contribution in [0.3, 0.4) is 0 Å². The molecule has 1 saturated heterocycles. The molecule has 0 radical (unpaired) electrons. The summed E-state index contributed by atoms with van der Waals surface area (Å²) >= 11 is 0. The van der Waals surface area contributed by atoms with Crippen molar-refractivity contribution in [1.29, 1.82) is 0 Å². The van der Waals surface area contributed by atoms with Gasteiger partial charge in [-0.15, -0.1) is 24.0 Å². The van der Waals surface area contributed by atoms with Crippen LogP contribution in [-0.4, -0.2) is 69.7 Å². The number of hydrogen-bond donors (Lipinski definition) is 2. The quantitative estimate of drug-likeness (QED) is 0.301. The summed E-state index contributed by atoms with van der Waals surface area (Å²) in [5.74, 6) is 1.87. The molecule has 32 heavy (non-hydrogen) atoms. The van der Waals surface area contributed by atoms with Crippen LogP contribution < -0.4 is 15.5 Å². The number of halogens is 1. The number of aromatic nitrogens is 1. The van der Waals surface area contributed by atoms with E-state index in [1.807, 2.05) is 44.1 Å². The molecule has 8 nitrogen and oxygen atoms in total. The second-order valence-electron chi connectivity index (χ2n) is 8.11. The molecule has 2 N–H and O–H groups in total. The number of nitrogens with zero attached hydrogens (tertiary/aromatic N) is 4. The van der Waals surface area contributed by atoms with Gasteiger partial charge in [0.05, 0.1) is 11.3 Å². The molecule has 0 unspecified atom stereocenters. The van der Waals surface area contributed by atoms with Gasteiger partial charge >= 0.3 is 0 Å². The van der Waals surface area contributed by atoms with Gasteiger partial charge in [0.15, 0.2) is 5.96 Å². The van der Waals surface area contributed by atoms with Crippen molar-refractivity contribution >= 4 is 56.7 Å². The monoisotopic (exact) mass is 574 g/mol. The first-order valence-corrected chi connectivity index (χ1v) is 12.5. The lowest BCUT2D eigenvalue weighted by Gasteiger charge is -2.32. The Kier molecular flexibility index (Phi) is 9.96. The van der Waals surface area contributed by atoms with Crippen LogP contribution in [0, 0.1) is 0 Å². The minimum Gasteiger partial charge on any atom is -0.363 e. The lowest BCUT2D eigenvalue weighted by Crippen LogP contribution is -2.49. The summed E-state index contributed by atoms with van der Waals surface area (Å²) in [6, 6.07) is 10.4. The zero-order valence-corrected chi connectivity index (χ0v) is 22.5. The van der Waals surface area contributed by atoms with Gasteiger partial charge in [0.25, 0.3) is 0 Å². The Hall–Kier alpha value is -1.66. The molecule has 1 aliphatic rings. The molecule has 0 atom stereocenters. The molecular formula is C22H35IN6O2S. The Morgan fingerprint density at radius 2 is 1.94 bits per heavy atom. The highest BCUT2D eigenvalue weighted by Gasteiger charge is 2.27. The smallest absolute Gasteiger partial charge is 0.214 e. The number of nitrogens with one attached hydrogen (secondary N) is 2. The summed E-state index contributed by atoms with van der Waals surface area (Å²) in [5.41, 5.74) is 2.12. The second-order valence-corrected chi connectivity index (χ2v) is 10.2. The molecule has 1 aliphatic heterocycles. The predicted octanol–water partition coefficient (Wildman–Crippen LogP) is 2.79. The van der Waals surface area contributed by atoms with E-state index in [4.69, 9.17) is 4.98 Å². The summed E-state index contributed by atoms with van der Waals surface area (Å²) in [4.78, 5) is 11.1. The number of sulfonamides is 1. The zero-order chi connectivity index (χ0) is 22.4. The van der Waals surface area contributed by atoms with Crippen molar-refractivity contribution in [1.82, 2.24) is 19.9 Å². The third kappa shape index (κ3) is 6.67. The van der Waals surface area contributed by atoms with Crippen molar-refractivity contribution in [2.24, 2.45) is 4.99 Å². The molecule has 3 rings (SSSR count). The summed E-state index contributed by atoms with van der Waals surface area (Å²) in [5, 5.41) is 7.99. The fourth-order valence-electron chi connectivity index (χ4n) is 3.84. The van der Waals surface area contributed by atoms with Crippen molar-refractivity contribution < 1.29 is 8.42 Å². The van der Waals surface area contributed by atoms with E-state index in [0.717, 1.165) is 41.1 Å². The van der Waals surface area contributed by atoms with Crippen molar-refractivity contribution in [3.8, 4) is 0 Å². The summed E-state index contributed by atoms with van der Waals surface area (Å²) in [6.07, 6.45) is 2.19. The van der Waals surface area contributed by atoms with Crippen molar-refractivity contribution in [2.45, 2.75) is 38.8 Å². The number of rotatable bonds is 7. The molecule has 0 saturated carbocycles. The van der Waals surface area contributed by atoms with E-state index < -0.39 is 10.0 Å². The molecule has 2 aromatic rings. The first-order chi connectivity index (χ1) is 14.8. The number of para-hydroxylation sites is 1. The SMILES string of the molecule is CCCS(=O)(=O)N1CCC(NC(=NC)NCc2cc(N(C)C)nc3ccccc23)CC1.I. The number of benzene rings is 1. The molecule has 0 amide bonds. The lowest BCUT2D eigenvalue weighted by molar-refractivity contribution is 0.306. The summed E-state index contributed by atoms with van der Waals surface area (Å²) < 4.78 is 26.2. The molecule has 1 aromatic carbocycles. The van der Waals surface area contributed by atoms with Crippen LogP contribution in [0.1, 0.15) is 31.7 Å². The Labute approximate surface area is 208 Å². The van der Waals surface area contributed by atoms with Gasteiger partial charge in [-0.2, -0.15) is 0 Å². The number of hydrogen-bond acceptors (Lipinski definition) is 5. The van der Waals surface area contributed by atoms with Crippen LogP contribution in [0.2, 0.25) is 0 Å². The third-order valence-corrected chi connectivity index (χ3v) is 7.64. The molecule has 0 spiro atoms. The van der Waals surface area contributed by atoms with Crippen molar-refractivity contribution in [3.63, 3.8) is 0 Å². The van der Waals surface area contributed by atoms with E-state index in [9.17, 15) is 8.42 Å². The molecule has 10 heteroatoms. The first-order valence-electron chi connectivity index (χ1n) is 10.8. The van der Waals surface area contributed by atoms with E-state index in [2.05, 4.69) is 27.8 Å². The standard InChI is InChI=1S/C22H34N6O2S.HI/c1-5-14-31(29,30)28-12-10-18(11-13-28)25-22(23-2)24-16-17-15-21(27(3)4)26-20-9-7-6-8-19(17)20;/h6-9,15,18H,5,10-14,16H2,1-4H3,(H2,23,24,25);1H. The van der Waals surface area contributed by atoms with Gasteiger partial charge in [0, 0.05) is 52.2 Å². The number of guanidine groups is 1. The third-order valence-electron chi connectivity index (χ3n) is 5.57. The number of fused-ring (bicyclic) bond motifs is 1. The van der Waals surface area contributed by atoms with Crippen LogP contribution in [0.25, 0.3) is 10.9 Å². The van der Waals surface area contributed by atoms with Crippen LogP contribution in [0.4, 0.5) is 5.82 Å². The van der Waals surface area contributed by atoms with Gasteiger partial charge in [0.2, 0.25) is 10.0 Å². The fourth-order valence-corrected chi connectivity index (χ4v) is 5.38. The number of pyridine rings is 1. The van der Waals surface area contributed by atoms with E-state index in [1.54, 1.807) is 11.4 Å². The van der Waals surface area contributed by atoms with E-state index in [0.29, 0.717) is 26.1 Å². The maximum atomic E-state index is 12.3. The highest BCUT2D eigenvalue weighted by Crippen LogP contribution is 2.22. The molecule has 2 heterocycles. The molecule has 0 aliphatic carbocycles. The number of anilines is 1. The Morgan fingerprint density at radius 3 is 2.56 bits per heavy atom. The minimum absolute atomic E-state index is 0. The largest absolute Gasteiger partial charge is 0.363 e. The number of piperidine rings is 1. The van der Waals surface area contributed by atoms with Crippen LogP contribution in [0.15, 0.2) is 35.3 Å². The van der Waals surface area contributed by atoms with Crippen molar-refractivity contribution in [2.75, 3.05) is 44.9 Å².